The van der Waals surface area contributed by atoms with Crippen LogP contribution in [0, 0.1) is 0 Å². The zero-order valence-electron chi connectivity index (χ0n) is 17.3. The van der Waals surface area contributed by atoms with Gasteiger partial charge in [0.05, 0.1) is 27.5 Å². The molecule has 2 N–H and O–H groups in total. The third-order valence-electron chi connectivity index (χ3n) is 5.20. The number of nitrogens with zero attached hydrogens (tertiary/aromatic N) is 3. The Kier molecular flexibility index (Phi) is 4.59. The van der Waals surface area contributed by atoms with E-state index in [1.54, 1.807) is 33.7 Å². The summed E-state index contributed by atoms with van der Waals surface area (Å²) in [5, 5.41) is 4.58. The van der Waals surface area contributed by atoms with Gasteiger partial charge < -0.3 is 24.5 Å². The highest BCUT2D eigenvalue weighted by Gasteiger charge is 2.19. The molecule has 5 aromatic rings. The van der Waals surface area contributed by atoms with Gasteiger partial charge in [-0.15, -0.1) is 0 Å². The minimum atomic E-state index is 0.537. The molecular formula is C23H21N5O3. The van der Waals surface area contributed by atoms with Crippen LogP contribution in [0.25, 0.3) is 27.8 Å². The Balaban J connectivity index is 1.70. The normalized spacial score (nSPS) is 11.1. The van der Waals surface area contributed by atoms with Gasteiger partial charge >= 0.3 is 0 Å². The quantitative estimate of drug-likeness (QED) is 0.420. The first kappa shape index (κ1) is 18.8. The molecule has 0 saturated heterocycles. The van der Waals surface area contributed by atoms with E-state index in [2.05, 4.69) is 21.4 Å². The number of hydrogen-bond acceptors (Lipinski definition) is 6. The molecule has 3 heterocycles. The van der Waals surface area contributed by atoms with Crippen molar-refractivity contribution in [3.8, 4) is 28.5 Å². The molecule has 0 bridgehead atoms. The molecule has 0 saturated carbocycles. The van der Waals surface area contributed by atoms with E-state index in [9.17, 15) is 0 Å². The fourth-order valence-electron chi connectivity index (χ4n) is 3.77. The van der Waals surface area contributed by atoms with E-state index in [1.165, 1.54) is 0 Å². The first-order valence-electron chi connectivity index (χ1n) is 9.69. The molecule has 31 heavy (non-hydrogen) atoms. The first-order valence-corrected chi connectivity index (χ1v) is 9.69. The van der Waals surface area contributed by atoms with Crippen LogP contribution >= 0.6 is 0 Å². The van der Waals surface area contributed by atoms with Crippen molar-refractivity contribution < 1.29 is 14.2 Å². The Bertz CT molecular complexity index is 1360. The lowest BCUT2D eigenvalue weighted by Gasteiger charge is -2.15. The molecule has 0 aliphatic rings. The maximum absolute atomic E-state index is 5.50. The number of anilines is 2. The molecular weight excluding hydrogens is 394 g/mol. The third-order valence-corrected chi connectivity index (χ3v) is 5.20. The van der Waals surface area contributed by atoms with Crippen LogP contribution < -0.4 is 19.5 Å². The van der Waals surface area contributed by atoms with Crippen molar-refractivity contribution in [1.29, 1.82) is 0 Å². The van der Waals surface area contributed by atoms with Crippen LogP contribution in [0.2, 0.25) is 0 Å². The van der Waals surface area contributed by atoms with Crippen LogP contribution in [0.1, 0.15) is 0 Å². The predicted octanol–water partition coefficient (Wildman–Crippen LogP) is 4.65. The van der Waals surface area contributed by atoms with Gasteiger partial charge in [-0.3, -0.25) is 9.38 Å². The summed E-state index contributed by atoms with van der Waals surface area (Å²) in [4.78, 5) is 12.4. The zero-order valence-corrected chi connectivity index (χ0v) is 17.3. The Hall–Kier alpha value is -4.20. The van der Waals surface area contributed by atoms with E-state index in [0.717, 1.165) is 39.3 Å². The number of para-hydroxylation sites is 1. The minimum absolute atomic E-state index is 0.537. The van der Waals surface area contributed by atoms with Crippen LogP contribution in [0.15, 0.2) is 61.2 Å². The summed E-state index contributed by atoms with van der Waals surface area (Å²) in [7, 11) is 4.77. The Labute approximate surface area is 178 Å². The summed E-state index contributed by atoms with van der Waals surface area (Å²) >= 11 is 0. The second-order valence-electron chi connectivity index (χ2n) is 6.90. The van der Waals surface area contributed by atoms with Crippen molar-refractivity contribution in [3.63, 3.8) is 0 Å². The van der Waals surface area contributed by atoms with Gasteiger partial charge in [-0.2, -0.15) is 0 Å². The Morgan fingerprint density at radius 3 is 2.52 bits per heavy atom. The number of imidazole rings is 1. The second-order valence-corrected chi connectivity index (χ2v) is 6.90. The highest BCUT2D eigenvalue weighted by Crippen LogP contribution is 2.42. The number of nitrogens with one attached hydrogen (secondary N) is 2. The van der Waals surface area contributed by atoms with Crippen molar-refractivity contribution in [1.82, 2.24) is 19.4 Å². The minimum Gasteiger partial charge on any atom is -0.493 e. The van der Waals surface area contributed by atoms with E-state index in [0.29, 0.717) is 17.2 Å². The number of methoxy groups -OCH3 is 3. The summed E-state index contributed by atoms with van der Waals surface area (Å²) in [5.41, 5.74) is 4.35. The van der Waals surface area contributed by atoms with Crippen molar-refractivity contribution in [2.45, 2.75) is 0 Å². The summed E-state index contributed by atoms with van der Waals surface area (Å²) < 4.78 is 18.4. The maximum atomic E-state index is 5.50. The number of aromatic amines is 1. The second kappa shape index (κ2) is 7.56. The highest BCUT2D eigenvalue weighted by molar-refractivity contribution is 5.98. The van der Waals surface area contributed by atoms with Crippen LogP contribution in [0.4, 0.5) is 11.5 Å². The third kappa shape index (κ3) is 3.09. The smallest absolute Gasteiger partial charge is 0.203 e. The number of fused-ring (bicyclic) bond motifs is 2. The molecule has 3 aromatic heterocycles. The van der Waals surface area contributed by atoms with Crippen molar-refractivity contribution in [3.05, 3.63) is 61.2 Å². The molecule has 2 aromatic carbocycles. The molecule has 0 unspecified atom stereocenters. The molecule has 0 fully saturated rings. The van der Waals surface area contributed by atoms with Gasteiger partial charge in [-0.1, -0.05) is 18.2 Å². The molecule has 0 spiro atoms. The van der Waals surface area contributed by atoms with Crippen molar-refractivity contribution in [2.75, 3.05) is 26.6 Å². The molecule has 0 amide bonds. The SMILES string of the molecule is COc1cc(Nc2c(-c3c[nH]c4ccccc34)nc3cnccn23)cc(OC)c1OC. The summed E-state index contributed by atoms with van der Waals surface area (Å²) in [6.45, 7) is 0. The molecule has 0 atom stereocenters. The average molecular weight is 415 g/mol. The van der Waals surface area contributed by atoms with E-state index in [1.807, 2.05) is 47.1 Å². The lowest BCUT2D eigenvalue weighted by Crippen LogP contribution is -2.00. The maximum Gasteiger partial charge on any atom is 0.203 e. The van der Waals surface area contributed by atoms with Gasteiger partial charge in [0.25, 0.3) is 0 Å². The number of ether oxygens (including phenoxy) is 3. The van der Waals surface area contributed by atoms with Crippen LogP contribution in [0.3, 0.4) is 0 Å². The Morgan fingerprint density at radius 2 is 1.77 bits per heavy atom. The lowest BCUT2D eigenvalue weighted by atomic mass is 10.1. The number of hydrogen-bond donors (Lipinski definition) is 2. The first-order chi connectivity index (χ1) is 15.2. The molecule has 8 heteroatoms. The summed E-state index contributed by atoms with van der Waals surface area (Å²) in [6.07, 6.45) is 7.31. The summed E-state index contributed by atoms with van der Waals surface area (Å²) in [5.74, 6) is 2.47. The average Bonchev–Trinajstić information content (AvgIpc) is 3.40. The van der Waals surface area contributed by atoms with Gasteiger partial charge in [-0.25, -0.2) is 4.98 Å². The molecule has 0 aliphatic carbocycles. The van der Waals surface area contributed by atoms with Gasteiger partial charge in [0.1, 0.15) is 11.5 Å². The molecule has 0 radical (unpaired) electrons. The van der Waals surface area contributed by atoms with E-state index in [-0.39, 0.29) is 0 Å². The van der Waals surface area contributed by atoms with E-state index < -0.39 is 0 Å². The monoisotopic (exact) mass is 415 g/mol. The number of rotatable bonds is 6. The zero-order chi connectivity index (χ0) is 21.4. The van der Waals surface area contributed by atoms with E-state index >= 15 is 0 Å². The van der Waals surface area contributed by atoms with Crippen molar-refractivity contribution in [2.24, 2.45) is 0 Å². The van der Waals surface area contributed by atoms with Gasteiger partial charge in [0.15, 0.2) is 17.1 Å². The van der Waals surface area contributed by atoms with Crippen molar-refractivity contribution >= 4 is 28.1 Å². The molecule has 5 rings (SSSR count). The topological polar surface area (TPSA) is 85.7 Å². The van der Waals surface area contributed by atoms with E-state index in [4.69, 9.17) is 19.2 Å². The molecule has 8 nitrogen and oxygen atoms in total. The van der Waals surface area contributed by atoms with Crippen LogP contribution in [-0.2, 0) is 0 Å². The molecule has 0 aliphatic heterocycles. The summed E-state index contributed by atoms with van der Waals surface area (Å²) in [6, 6.07) is 11.9. The fourth-order valence-corrected chi connectivity index (χ4v) is 3.77. The standard InChI is InChI=1S/C23H21N5O3/c1-29-18-10-14(11-19(30-2)22(18)31-3)26-23-21(27-20-13-24-8-9-28(20)23)16-12-25-17-7-5-4-6-15(16)17/h4-13,25-26H,1-3H3. The van der Waals surface area contributed by atoms with Gasteiger partial charge in [0.2, 0.25) is 5.75 Å². The fraction of sp³-hybridized carbons (Fsp3) is 0.130. The van der Waals surface area contributed by atoms with Crippen LogP contribution in [-0.4, -0.2) is 40.7 Å². The lowest BCUT2D eigenvalue weighted by molar-refractivity contribution is 0.324. The predicted molar refractivity (Wildman–Crippen MR) is 120 cm³/mol. The van der Waals surface area contributed by atoms with Gasteiger partial charge in [-0.05, 0) is 6.07 Å². The van der Waals surface area contributed by atoms with Crippen LogP contribution in [0.5, 0.6) is 17.2 Å². The molecule has 156 valence electrons. The Morgan fingerprint density at radius 1 is 1.00 bits per heavy atom. The highest BCUT2D eigenvalue weighted by atomic mass is 16.5. The van der Waals surface area contributed by atoms with Gasteiger partial charge in [0, 0.05) is 52.9 Å². The largest absolute Gasteiger partial charge is 0.493 e. The number of aromatic nitrogens is 4. The number of H-pyrrole nitrogens is 1. The number of benzene rings is 2.